The van der Waals surface area contributed by atoms with Crippen LogP contribution < -0.4 is 28.4 Å². The molecule has 82 heavy (non-hydrogen) atoms. The van der Waals surface area contributed by atoms with E-state index in [2.05, 4.69) is 13.2 Å². The second kappa shape index (κ2) is 25.3. The van der Waals surface area contributed by atoms with Crippen LogP contribution >= 0.6 is 0 Å². The van der Waals surface area contributed by atoms with Crippen LogP contribution in [0.3, 0.4) is 0 Å². The van der Waals surface area contributed by atoms with E-state index in [4.69, 9.17) is 37.9 Å². The van der Waals surface area contributed by atoms with Crippen LogP contribution in [0.15, 0.2) is 219 Å². The van der Waals surface area contributed by atoms with Gasteiger partial charge in [0, 0.05) is 36.1 Å². The maximum atomic E-state index is 14.3. The van der Waals surface area contributed by atoms with Gasteiger partial charge in [-0.3, -0.25) is 0 Å². The second-order valence-corrected chi connectivity index (χ2v) is 18.5. The normalized spacial score (nSPS) is 10.9. The topological polar surface area (TPSA) is 176 Å². The third kappa shape index (κ3) is 13.0. The largest absolute Gasteiger partial charge is 0.493 e. The third-order valence-corrected chi connectivity index (χ3v) is 13.1. The minimum atomic E-state index is -0.635. The van der Waals surface area contributed by atoms with Crippen molar-refractivity contribution in [3.05, 3.63) is 242 Å². The molecule has 0 amide bonds. The Labute approximate surface area is 470 Å². The second-order valence-electron chi connectivity index (χ2n) is 18.5. The molecule has 0 aromatic heterocycles. The summed E-state index contributed by atoms with van der Waals surface area (Å²) < 4.78 is 45.3. The van der Waals surface area contributed by atoms with Gasteiger partial charge in [-0.05, 0) is 152 Å². The number of rotatable bonds is 21. The zero-order chi connectivity index (χ0) is 57.0. The van der Waals surface area contributed by atoms with Gasteiger partial charge >= 0.3 is 35.8 Å². The summed E-state index contributed by atoms with van der Waals surface area (Å²) in [6.45, 7) is 7.74. The minimum Gasteiger partial charge on any atom is -0.493 e. The van der Waals surface area contributed by atoms with E-state index < -0.39 is 35.8 Å². The Morgan fingerprint density at radius 2 is 0.671 bits per heavy atom. The zero-order valence-corrected chi connectivity index (χ0v) is 44.0. The van der Waals surface area contributed by atoms with Gasteiger partial charge in [-0.25, -0.2) is 28.8 Å². The highest BCUT2D eigenvalue weighted by atomic mass is 16.6. The van der Waals surface area contributed by atoms with Gasteiger partial charge in [0.05, 0.1) is 48.7 Å². The minimum absolute atomic E-state index is 0.194. The molecule has 0 unspecified atom stereocenters. The lowest BCUT2D eigenvalue weighted by Crippen LogP contribution is -2.11. The van der Waals surface area contributed by atoms with Gasteiger partial charge in [0.2, 0.25) is 0 Å². The number of hydrogen-bond acceptors (Lipinski definition) is 14. The lowest BCUT2D eigenvalue weighted by molar-refractivity contribution is -0.138. The number of hydrogen-bond donors (Lipinski definition) is 0. The Kier molecular flexibility index (Phi) is 16.8. The van der Waals surface area contributed by atoms with Crippen molar-refractivity contribution in [3.8, 4) is 45.6 Å². The quantitative estimate of drug-likeness (QED) is 0.0287. The number of carbonyl (C=O) groups is 6. The van der Waals surface area contributed by atoms with Gasteiger partial charge in [-0.15, -0.1) is 0 Å². The average molecular weight is 1090 g/mol. The molecular formula is C68H50O14. The van der Waals surface area contributed by atoms with E-state index >= 15 is 0 Å². The van der Waals surface area contributed by atoms with Gasteiger partial charge in [0.1, 0.15) is 34.5 Å². The molecule has 0 aliphatic carbocycles. The summed E-state index contributed by atoms with van der Waals surface area (Å²) in [5.41, 5.74) is 2.22. The Hall–Kier alpha value is -10.9. The van der Waals surface area contributed by atoms with Crippen LogP contribution in [-0.2, 0) is 19.1 Å². The lowest BCUT2D eigenvalue weighted by atomic mass is 9.92. The van der Waals surface area contributed by atoms with Crippen LogP contribution in [-0.4, -0.2) is 62.2 Å². The predicted octanol–water partition coefficient (Wildman–Crippen LogP) is 13.8. The molecule has 0 atom stereocenters. The monoisotopic (exact) mass is 1090 g/mol. The smallest absolute Gasteiger partial charge is 0.343 e. The fourth-order valence-corrected chi connectivity index (χ4v) is 9.00. The van der Waals surface area contributed by atoms with Crippen molar-refractivity contribution in [2.75, 3.05) is 26.4 Å². The number of carbonyl (C=O) groups excluding carboxylic acids is 6. The van der Waals surface area contributed by atoms with E-state index in [-0.39, 0.29) is 35.8 Å². The van der Waals surface area contributed by atoms with Gasteiger partial charge in [-0.2, -0.15) is 0 Å². The molecule has 0 spiro atoms. The number of ether oxygens (including phenoxy) is 8. The highest BCUT2D eigenvalue weighted by Gasteiger charge is 2.24. The molecule has 14 heteroatoms. The highest BCUT2D eigenvalue weighted by molar-refractivity contribution is 6.12. The maximum Gasteiger partial charge on any atom is 0.343 e. The lowest BCUT2D eigenvalue weighted by Gasteiger charge is -2.19. The van der Waals surface area contributed by atoms with E-state index in [0.29, 0.717) is 92.9 Å². The molecule has 0 fully saturated rings. The van der Waals surface area contributed by atoms with E-state index in [9.17, 15) is 28.8 Å². The first-order valence-electron chi connectivity index (χ1n) is 26.0. The van der Waals surface area contributed by atoms with Crippen molar-refractivity contribution in [1.82, 2.24) is 0 Å². The standard InChI is InChI=1S/C68H50O14/c1-3-61(69)77-37-9-35-75-53-27-19-45(20-28-53)65(71)79-55-31-23-47-39-51(17-15-49(47)41-55)67(73)81-59-33-25-43-11-5-7-13-57(43)63(59)64-58-14-8-6-12-44(58)26-34-60(64)82-68(74)52-18-16-50-42-56(32-24-48(50)40-52)80-66(72)46-21-29-54(30-22-46)76-36-10-38-78-62(70)4-2/h3-8,11-34,39-42H,1-2,9-10,35-38H2. The first kappa shape index (κ1) is 54.5. The van der Waals surface area contributed by atoms with Gasteiger partial charge in [0.15, 0.2) is 0 Å². The average Bonchev–Trinajstić information content (AvgIpc) is 3.37. The molecule has 10 aromatic rings. The van der Waals surface area contributed by atoms with Crippen molar-refractivity contribution in [3.63, 3.8) is 0 Å². The summed E-state index contributed by atoms with van der Waals surface area (Å²) in [6, 6.07) is 55.9. The Morgan fingerprint density at radius 3 is 1.09 bits per heavy atom. The molecule has 0 saturated carbocycles. The van der Waals surface area contributed by atoms with Crippen molar-refractivity contribution < 1.29 is 66.7 Å². The van der Waals surface area contributed by atoms with Crippen LogP contribution in [0.1, 0.15) is 54.3 Å². The van der Waals surface area contributed by atoms with E-state index in [0.717, 1.165) is 33.7 Å². The summed E-state index contributed by atoms with van der Waals surface area (Å²) in [6.07, 6.45) is 3.16. The molecule has 10 rings (SSSR count). The highest BCUT2D eigenvalue weighted by Crippen LogP contribution is 2.46. The number of benzene rings is 10. The molecule has 0 heterocycles. The zero-order valence-electron chi connectivity index (χ0n) is 44.0. The molecule has 0 N–H and O–H groups in total. The van der Waals surface area contributed by atoms with Crippen LogP contribution in [0.25, 0.3) is 54.2 Å². The van der Waals surface area contributed by atoms with Crippen LogP contribution in [0, 0.1) is 0 Å². The van der Waals surface area contributed by atoms with Crippen molar-refractivity contribution in [1.29, 1.82) is 0 Å². The molecule has 10 aromatic carbocycles. The van der Waals surface area contributed by atoms with Gasteiger partial charge in [0.25, 0.3) is 0 Å². The van der Waals surface area contributed by atoms with Crippen LogP contribution in [0.5, 0.6) is 34.5 Å². The van der Waals surface area contributed by atoms with Gasteiger partial charge in [-0.1, -0.05) is 98.1 Å². The summed E-state index contributed by atoms with van der Waals surface area (Å²) in [5, 5.41) is 6.02. The molecular weight excluding hydrogens is 1040 g/mol. The van der Waals surface area contributed by atoms with Crippen LogP contribution in [0.4, 0.5) is 0 Å². The molecule has 0 radical (unpaired) electrons. The molecule has 0 saturated heterocycles. The molecule has 0 bridgehead atoms. The van der Waals surface area contributed by atoms with E-state index in [1.54, 1.807) is 133 Å². The fraction of sp³-hybridized carbons (Fsp3) is 0.0882. The van der Waals surface area contributed by atoms with Crippen molar-refractivity contribution >= 4 is 78.9 Å². The Bertz CT molecular complexity index is 3840. The molecule has 0 aliphatic heterocycles. The van der Waals surface area contributed by atoms with E-state index in [1.165, 1.54) is 0 Å². The predicted molar refractivity (Wildman–Crippen MR) is 310 cm³/mol. The first-order valence-corrected chi connectivity index (χ1v) is 26.0. The summed E-state index contributed by atoms with van der Waals surface area (Å²) >= 11 is 0. The molecule has 406 valence electrons. The van der Waals surface area contributed by atoms with Crippen molar-refractivity contribution in [2.24, 2.45) is 0 Å². The third-order valence-electron chi connectivity index (χ3n) is 13.1. The summed E-state index contributed by atoms with van der Waals surface area (Å²) in [4.78, 5) is 77.2. The summed E-state index contributed by atoms with van der Waals surface area (Å²) in [7, 11) is 0. The molecule has 0 aliphatic rings. The first-order chi connectivity index (χ1) is 40.0. The SMILES string of the molecule is C=CC(=O)OCCCOc1ccc(C(=O)Oc2ccc3cc(C(=O)Oc4ccc5ccccc5c4-c4c(OC(=O)c5ccc6cc(OC(=O)c7ccc(OCCCOC(=O)C=C)cc7)ccc6c5)ccc5ccccc45)ccc3c2)cc1. The number of esters is 6. The molecule has 14 nitrogen and oxygen atoms in total. The summed E-state index contributed by atoms with van der Waals surface area (Å²) in [5.74, 6) is -1.26. The Balaban J connectivity index is 0.836. The Morgan fingerprint density at radius 1 is 0.329 bits per heavy atom. The van der Waals surface area contributed by atoms with E-state index in [1.807, 2.05) is 60.7 Å². The van der Waals surface area contributed by atoms with Gasteiger partial charge < -0.3 is 37.9 Å². The maximum absolute atomic E-state index is 14.3. The fourth-order valence-electron chi connectivity index (χ4n) is 9.00. The number of fused-ring (bicyclic) bond motifs is 4. The van der Waals surface area contributed by atoms with Crippen molar-refractivity contribution in [2.45, 2.75) is 12.8 Å². The van der Waals surface area contributed by atoms with Crippen LogP contribution in [0.2, 0.25) is 0 Å².